The van der Waals surface area contributed by atoms with Gasteiger partial charge in [0, 0.05) is 17.7 Å². The molecule has 0 spiro atoms. The summed E-state index contributed by atoms with van der Waals surface area (Å²) in [6.07, 6.45) is -10.3. The van der Waals surface area contributed by atoms with Crippen LogP contribution >= 0.6 is 11.3 Å². The number of nitrogens with zero attached hydrogens (tertiary/aromatic N) is 1. The normalized spacial score (nSPS) is 12.3. The molecule has 0 aliphatic heterocycles. The Kier molecular flexibility index (Phi) is 7.07. The Hall–Kier alpha value is -4.58. The number of alkyl halides is 5. The number of aryl methyl sites for hydroxylation is 1. The van der Waals surface area contributed by atoms with E-state index in [1.165, 1.54) is 0 Å². The average molecular weight is 634 g/mol. The molecule has 5 aromatic carbocycles. The Labute approximate surface area is 247 Å². The van der Waals surface area contributed by atoms with Crippen molar-refractivity contribution in [1.29, 1.82) is 0 Å². The van der Waals surface area contributed by atoms with E-state index in [1.54, 1.807) is 6.07 Å². The summed E-state index contributed by atoms with van der Waals surface area (Å²) in [6, 6.07) is 18.3. The molecule has 0 amide bonds. The second-order valence-corrected chi connectivity index (χ2v) is 11.0. The molecule has 1 aromatic heterocycles. The maximum atomic E-state index is 14.9. The zero-order valence-electron chi connectivity index (χ0n) is 22.2. The number of halogens is 9. The fraction of sp³-hybridized carbons (Fsp3) is 0.0938. The third-order valence-corrected chi connectivity index (χ3v) is 7.91. The van der Waals surface area contributed by atoms with Crippen molar-refractivity contribution < 1.29 is 44.3 Å². The van der Waals surface area contributed by atoms with Crippen LogP contribution in [0.25, 0.3) is 42.7 Å². The van der Waals surface area contributed by atoms with Gasteiger partial charge in [0.05, 0.1) is 10.2 Å². The SMILES string of the molecule is Cc1ccc2cc(-c3ccc4nc(-c5cc(F)c(C(F)(F)Oc6cc(F)c(C(F)(F)F)c(F)c6)c(F)c5)sc4c3)ccc2c1. The standard InChI is InChI=1S/C32H16F9NOS/c1-15-2-3-17-9-18(5-4-16(17)8-15)19-6-7-26-27(12-19)44-30(42-26)20-10-22(33)29(23(34)11-20)32(40,41)43-21-13-24(35)28(25(36)14-21)31(37,38)39/h2-14H,1H3. The van der Waals surface area contributed by atoms with E-state index in [0.29, 0.717) is 22.3 Å². The Morgan fingerprint density at radius 2 is 1.18 bits per heavy atom. The number of thiazole rings is 1. The molecule has 0 unspecified atom stereocenters. The number of hydrogen-bond acceptors (Lipinski definition) is 3. The summed E-state index contributed by atoms with van der Waals surface area (Å²) in [7, 11) is 0. The summed E-state index contributed by atoms with van der Waals surface area (Å²) in [5.74, 6) is -9.44. The molecule has 224 valence electrons. The molecule has 44 heavy (non-hydrogen) atoms. The zero-order valence-corrected chi connectivity index (χ0v) is 23.0. The first-order chi connectivity index (χ1) is 20.7. The van der Waals surface area contributed by atoms with Crippen molar-refractivity contribution in [3.63, 3.8) is 0 Å². The van der Waals surface area contributed by atoms with Gasteiger partial charge in [-0.15, -0.1) is 11.3 Å². The van der Waals surface area contributed by atoms with Gasteiger partial charge in [-0.1, -0.05) is 42.0 Å². The largest absolute Gasteiger partial charge is 0.432 e. The highest BCUT2D eigenvalue weighted by molar-refractivity contribution is 7.21. The summed E-state index contributed by atoms with van der Waals surface area (Å²) >= 11 is 1.07. The van der Waals surface area contributed by atoms with Gasteiger partial charge in [-0.25, -0.2) is 22.5 Å². The van der Waals surface area contributed by atoms with Crippen LogP contribution in [-0.4, -0.2) is 4.98 Å². The molecular formula is C32H16F9NOS. The number of ether oxygens (including phenoxy) is 1. The Morgan fingerprint density at radius 1 is 0.614 bits per heavy atom. The minimum Gasteiger partial charge on any atom is -0.429 e. The van der Waals surface area contributed by atoms with Crippen LogP contribution in [-0.2, 0) is 12.3 Å². The third-order valence-electron chi connectivity index (χ3n) is 6.84. The van der Waals surface area contributed by atoms with Crippen LogP contribution in [0.1, 0.15) is 16.7 Å². The highest BCUT2D eigenvalue weighted by atomic mass is 32.1. The van der Waals surface area contributed by atoms with Crippen molar-refractivity contribution in [2.24, 2.45) is 0 Å². The lowest BCUT2D eigenvalue weighted by Crippen LogP contribution is -2.25. The molecule has 0 aliphatic rings. The number of aromatic nitrogens is 1. The lowest BCUT2D eigenvalue weighted by Gasteiger charge is -2.20. The van der Waals surface area contributed by atoms with Gasteiger partial charge < -0.3 is 4.74 Å². The average Bonchev–Trinajstić information content (AvgIpc) is 3.34. The first-order valence-corrected chi connectivity index (χ1v) is 13.6. The van der Waals surface area contributed by atoms with Gasteiger partial charge in [0.25, 0.3) is 0 Å². The van der Waals surface area contributed by atoms with Gasteiger partial charge in [-0.3, -0.25) is 0 Å². The number of rotatable bonds is 5. The topological polar surface area (TPSA) is 22.1 Å². The molecule has 0 fully saturated rings. The maximum absolute atomic E-state index is 14.9. The molecule has 0 radical (unpaired) electrons. The van der Waals surface area contributed by atoms with Gasteiger partial charge in [0.1, 0.15) is 45.2 Å². The fourth-order valence-corrected chi connectivity index (χ4v) is 5.82. The lowest BCUT2D eigenvalue weighted by atomic mass is 10.0. The van der Waals surface area contributed by atoms with Crippen molar-refractivity contribution in [2.45, 2.75) is 19.2 Å². The van der Waals surface area contributed by atoms with Crippen molar-refractivity contribution >= 4 is 32.3 Å². The minimum atomic E-state index is -5.46. The smallest absolute Gasteiger partial charge is 0.429 e. The van der Waals surface area contributed by atoms with Crippen LogP contribution in [0, 0.1) is 30.2 Å². The molecule has 12 heteroatoms. The van der Waals surface area contributed by atoms with E-state index in [-0.39, 0.29) is 22.7 Å². The van der Waals surface area contributed by atoms with Crippen molar-refractivity contribution in [3.8, 4) is 27.4 Å². The van der Waals surface area contributed by atoms with Crippen LogP contribution in [0.5, 0.6) is 5.75 Å². The van der Waals surface area contributed by atoms with E-state index < -0.39 is 52.4 Å². The number of fused-ring (bicyclic) bond motifs is 2. The lowest BCUT2D eigenvalue weighted by molar-refractivity contribution is -0.189. The number of hydrogen-bond donors (Lipinski definition) is 0. The van der Waals surface area contributed by atoms with E-state index in [9.17, 15) is 39.5 Å². The predicted octanol–water partition coefficient (Wildman–Crippen LogP) is 10.8. The molecule has 0 saturated heterocycles. The highest BCUT2D eigenvalue weighted by Gasteiger charge is 2.43. The monoisotopic (exact) mass is 633 g/mol. The Balaban J connectivity index is 1.30. The Morgan fingerprint density at radius 3 is 1.84 bits per heavy atom. The second-order valence-electron chi connectivity index (χ2n) is 9.96. The van der Waals surface area contributed by atoms with Crippen LogP contribution in [0.4, 0.5) is 39.5 Å². The van der Waals surface area contributed by atoms with Gasteiger partial charge in [-0.05, 0) is 59.2 Å². The predicted molar refractivity (Wildman–Crippen MR) is 149 cm³/mol. The minimum absolute atomic E-state index is 0.117. The molecular weight excluding hydrogens is 617 g/mol. The van der Waals surface area contributed by atoms with Crippen molar-refractivity contribution in [3.05, 3.63) is 119 Å². The van der Waals surface area contributed by atoms with E-state index in [1.807, 2.05) is 49.4 Å². The molecule has 0 aliphatic carbocycles. The molecule has 2 nitrogen and oxygen atoms in total. The van der Waals surface area contributed by atoms with Crippen molar-refractivity contribution in [1.82, 2.24) is 4.98 Å². The van der Waals surface area contributed by atoms with Crippen LogP contribution in [0.15, 0.2) is 78.9 Å². The number of benzene rings is 5. The molecule has 0 atom stereocenters. The Bertz CT molecular complexity index is 2040. The summed E-state index contributed by atoms with van der Waals surface area (Å²) in [4.78, 5) is 4.36. The molecule has 1 heterocycles. The summed E-state index contributed by atoms with van der Waals surface area (Å²) in [6.45, 7) is 2.00. The molecule has 6 aromatic rings. The van der Waals surface area contributed by atoms with E-state index in [4.69, 9.17) is 0 Å². The van der Waals surface area contributed by atoms with Crippen molar-refractivity contribution in [2.75, 3.05) is 0 Å². The second kappa shape index (κ2) is 10.5. The van der Waals surface area contributed by atoms with E-state index in [0.717, 1.165) is 38.8 Å². The zero-order chi connectivity index (χ0) is 31.6. The van der Waals surface area contributed by atoms with E-state index >= 15 is 0 Å². The van der Waals surface area contributed by atoms with Crippen LogP contribution < -0.4 is 4.74 Å². The van der Waals surface area contributed by atoms with Gasteiger partial charge in [0.15, 0.2) is 0 Å². The molecule has 0 N–H and O–H groups in total. The highest BCUT2D eigenvalue weighted by Crippen LogP contribution is 2.41. The quantitative estimate of drug-likeness (QED) is 0.176. The third kappa shape index (κ3) is 5.45. The molecule has 0 bridgehead atoms. The van der Waals surface area contributed by atoms with Crippen LogP contribution in [0.2, 0.25) is 0 Å². The summed E-state index contributed by atoms with van der Waals surface area (Å²) in [5, 5.41) is 2.24. The van der Waals surface area contributed by atoms with E-state index in [2.05, 4.69) is 15.8 Å². The van der Waals surface area contributed by atoms with Gasteiger partial charge >= 0.3 is 12.3 Å². The summed E-state index contributed by atoms with van der Waals surface area (Å²) in [5.41, 5.74) is -0.997. The maximum Gasteiger partial charge on any atom is 0.432 e. The van der Waals surface area contributed by atoms with Crippen LogP contribution in [0.3, 0.4) is 0 Å². The summed E-state index contributed by atoms with van der Waals surface area (Å²) < 4.78 is 130. The first-order valence-electron chi connectivity index (χ1n) is 12.7. The van der Waals surface area contributed by atoms with Gasteiger partial charge in [-0.2, -0.15) is 22.0 Å². The first kappa shape index (κ1) is 29.5. The molecule has 0 saturated carbocycles. The molecule has 6 rings (SSSR count). The fourth-order valence-electron chi connectivity index (χ4n) is 4.83. The van der Waals surface area contributed by atoms with Gasteiger partial charge in [0.2, 0.25) is 0 Å².